The Balaban J connectivity index is 0.000000317. The molecule has 4 fully saturated rings. The number of morpholine rings is 1. The van der Waals surface area contributed by atoms with Crippen molar-refractivity contribution < 1.29 is 60.4 Å². The molecule has 0 unspecified atom stereocenters. The lowest BCUT2D eigenvalue weighted by Gasteiger charge is -2.45. The summed E-state index contributed by atoms with van der Waals surface area (Å²) in [5.74, 6) is -5.19. The minimum atomic E-state index is -5.08. The van der Waals surface area contributed by atoms with Crippen LogP contribution in [0.3, 0.4) is 0 Å². The number of halogens is 6. The van der Waals surface area contributed by atoms with Gasteiger partial charge in [-0.05, 0) is 38.8 Å². The molecule has 4 aliphatic rings. The normalized spacial score (nSPS) is 26.4. The van der Waals surface area contributed by atoms with Crippen LogP contribution in [0.1, 0.15) is 32.1 Å². The van der Waals surface area contributed by atoms with Crippen LogP contribution in [-0.4, -0.2) is 133 Å². The third kappa shape index (κ3) is 10.1. The van der Waals surface area contributed by atoms with E-state index in [9.17, 15) is 31.1 Å². The van der Waals surface area contributed by atoms with Crippen molar-refractivity contribution in [2.75, 3.05) is 72.2 Å². The Bertz CT molecular complexity index is 793. The van der Waals surface area contributed by atoms with E-state index in [-0.39, 0.29) is 11.5 Å². The first-order valence-electron chi connectivity index (χ1n) is 12.7. The predicted molar refractivity (Wildman–Crippen MR) is 123 cm³/mol. The number of aliphatic carboxylic acids is 2. The van der Waals surface area contributed by atoms with Crippen LogP contribution in [0.5, 0.6) is 0 Å². The van der Waals surface area contributed by atoms with Crippen molar-refractivity contribution in [2.45, 2.75) is 50.6 Å². The number of piperidine rings is 2. The lowest BCUT2D eigenvalue weighted by molar-refractivity contribution is -0.193. The number of carboxylic acids is 2. The van der Waals surface area contributed by atoms with Crippen LogP contribution in [-0.2, 0) is 23.9 Å². The Morgan fingerprint density at radius 3 is 1.79 bits per heavy atom. The van der Waals surface area contributed by atoms with E-state index in [0.29, 0.717) is 19.1 Å². The molecule has 2 atom stereocenters. The Kier molecular flexibility index (Phi) is 12.2. The summed E-state index contributed by atoms with van der Waals surface area (Å²) >= 11 is 0. The standard InChI is InChI=1S/C19H33N3O3.2C2HF3O2/c23-18(22-11-14-24-15-12-22)19-5-13-25-17(19)4-8-21(16-19)10-9-20-6-2-1-3-7-20;2*3-2(4,5)1(6)7/h17H,1-16H2;2*(H,6,7)/t17-,19-;;/m1../s1. The van der Waals surface area contributed by atoms with Crippen molar-refractivity contribution in [3.63, 3.8) is 0 Å². The fraction of sp³-hybridized carbons (Fsp3) is 0.870. The van der Waals surface area contributed by atoms with Gasteiger partial charge in [-0.2, -0.15) is 26.3 Å². The molecule has 39 heavy (non-hydrogen) atoms. The molecule has 0 saturated carbocycles. The highest BCUT2D eigenvalue weighted by atomic mass is 19.4. The number of carboxylic acid groups (broad SMARTS) is 2. The van der Waals surface area contributed by atoms with Crippen molar-refractivity contribution in [2.24, 2.45) is 5.41 Å². The van der Waals surface area contributed by atoms with Crippen LogP contribution in [0.4, 0.5) is 26.3 Å². The number of rotatable bonds is 4. The first-order valence-corrected chi connectivity index (χ1v) is 12.7. The van der Waals surface area contributed by atoms with Crippen LogP contribution < -0.4 is 0 Å². The van der Waals surface area contributed by atoms with Gasteiger partial charge >= 0.3 is 24.3 Å². The Hall–Kier alpha value is -2.17. The lowest BCUT2D eigenvalue weighted by atomic mass is 9.75. The number of amides is 1. The molecule has 0 aromatic rings. The van der Waals surface area contributed by atoms with E-state index in [1.165, 1.54) is 32.4 Å². The maximum absolute atomic E-state index is 13.4. The second kappa shape index (κ2) is 14.5. The van der Waals surface area contributed by atoms with Crippen molar-refractivity contribution in [1.82, 2.24) is 14.7 Å². The number of carbonyl (C=O) groups is 3. The minimum absolute atomic E-state index is 0.120. The molecule has 4 rings (SSSR count). The molecule has 0 spiro atoms. The molecule has 4 saturated heterocycles. The van der Waals surface area contributed by atoms with E-state index in [0.717, 1.165) is 58.7 Å². The smallest absolute Gasteiger partial charge is 0.475 e. The number of hydrogen-bond acceptors (Lipinski definition) is 7. The number of carbonyl (C=O) groups excluding carboxylic acids is 1. The lowest BCUT2D eigenvalue weighted by Crippen LogP contribution is -2.59. The Morgan fingerprint density at radius 1 is 0.769 bits per heavy atom. The molecule has 4 heterocycles. The van der Waals surface area contributed by atoms with E-state index in [2.05, 4.69) is 9.80 Å². The summed E-state index contributed by atoms with van der Waals surface area (Å²) in [5.41, 5.74) is -0.308. The molecule has 4 aliphatic heterocycles. The molecule has 226 valence electrons. The highest BCUT2D eigenvalue weighted by Gasteiger charge is 2.54. The van der Waals surface area contributed by atoms with Crippen LogP contribution in [0.2, 0.25) is 0 Å². The minimum Gasteiger partial charge on any atom is -0.475 e. The number of hydrogen-bond donors (Lipinski definition) is 2. The third-order valence-electron chi connectivity index (χ3n) is 7.09. The molecule has 1 amide bonds. The molecular weight excluding hydrogens is 544 g/mol. The van der Waals surface area contributed by atoms with Crippen LogP contribution >= 0.6 is 0 Å². The maximum Gasteiger partial charge on any atom is 0.490 e. The molecule has 2 N–H and O–H groups in total. The number of nitrogens with zero attached hydrogens (tertiary/aromatic N) is 3. The topological polar surface area (TPSA) is 120 Å². The first-order chi connectivity index (χ1) is 18.2. The largest absolute Gasteiger partial charge is 0.490 e. The number of fused-ring (bicyclic) bond motifs is 1. The van der Waals surface area contributed by atoms with Gasteiger partial charge < -0.3 is 34.4 Å². The van der Waals surface area contributed by atoms with E-state index >= 15 is 0 Å². The summed E-state index contributed by atoms with van der Waals surface area (Å²) in [6.45, 7) is 10.2. The summed E-state index contributed by atoms with van der Waals surface area (Å²) in [7, 11) is 0. The summed E-state index contributed by atoms with van der Waals surface area (Å²) < 4.78 is 74.9. The monoisotopic (exact) mass is 579 g/mol. The highest BCUT2D eigenvalue weighted by molar-refractivity contribution is 5.84. The molecule has 0 bridgehead atoms. The number of alkyl halides is 6. The number of ether oxygens (including phenoxy) is 2. The molecule has 16 heteroatoms. The van der Waals surface area contributed by atoms with Gasteiger partial charge in [-0.1, -0.05) is 6.42 Å². The van der Waals surface area contributed by atoms with Crippen LogP contribution in [0, 0.1) is 5.41 Å². The average Bonchev–Trinajstić information content (AvgIpc) is 3.32. The van der Waals surface area contributed by atoms with Gasteiger partial charge in [-0.3, -0.25) is 4.79 Å². The van der Waals surface area contributed by atoms with Gasteiger partial charge in [0.15, 0.2) is 0 Å². The molecule has 0 aromatic heterocycles. The van der Waals surface area contributed by atoms with Gasteiger partial charge in [0, 0.05) is 45.9 Å². The summed E-state index contributed by atoms with van der Waals surface area (Å²) in [4.78, 5) is 38.3. The second-order valence-electron chi connectivity index (χ2n) is 9.74. The fourth-order valence-corrected chi connectivity index (χ4v) is 5.07. The van der Waals surface area contributed by atoms with E-state index in [4.69, 9.17) is 29.3 Å². The van der Waals surface area contributed by atoms with Crippen LogP contribution in [0.15, 0.2) is 0 Å². The third-order valence-corrected chi connectivity index (χ3v) is 7.09. The van der Waals surface area contributed by atoms with Crippen molar-refractivity contribution in [3.05, 3.63) is 0 Å². The first kappa shape index (κ1) is 33.0. The molecular formula is C23H35F6N3O7. The predicted octanol–water partition coefficient (Wildman–Crippen LogP) is 2.08. The highest BCUT2D eigenvalue weighted by Crippen LogP contribution is 2.42. The molecule has 10 nitrogen and oxygen atoms in total. The van der Waals surface area contributed by atoms with Gasteiger partial charge in [0.1, 0.15) is 0 Å². The molecule has 0 aliphatic carbocycles. The Labute approximate surface area is 221 Å². The fourth-order valence-electron chi connectivity index (χ4n) is 5.07. The van der Waals surface area contributed by atoms with E-state index in [1.54, 1.807) is 0 Å². The summed E-state index contributed by atoms with van der Waals surface area (Å²) in [5, 5.41) is 14.2. The van der Waals surface area contributed by atoms with Gasteiger partial charge in [0.25, 0.3) is 0 Å². The zero-order valence-electron chi connectivity index (χ0n) is 21.4. The molecule has 0 aromatic carbocycles. The van der Waals surface area contributed by atoms with E-state index < -0.39 is 24.3 Å². The summed E-state index contributed by atoms with van der Waals surface area (Å²) in [6.07, 6.45) is -4.10. The Morgan fingerprint density at radius 2 is 1.28 bits per heavy atom. The van der Waals surface area contributed by atoms with Crippen LogP contribution in [0.25, 0.3) is 0 Å². The number of likely N-dealkylation sites (tertiary alicyclic amines) is 2. The zero-order chi connectivity index (χ0) is 29.3. The maximum atomic E-state index is 13.4. The van der Waals surface area contributed by atoms with Crippen molar-refractivity contribution >= 4 is 17.8 Å². The van der Waals surface area contributed by atoms with Gasteiger partial charge in [-0.15, -0.1) is 0 Å². The average molecular weight is 580 g/mol. The van der Waals surface area contributed by atoms with E-state index in [1.807, 2.05) is 4.90 Å². The zero-order valence-corrected chi connectivity index (χ0v) is 21.4. The quantitative estimate of drug-likeness (QED) is 0.483. The summed E-state index contributed by atoms with van der Waals surface area (Å²) in [6, 6.07) is 0. The molecule has 0 radical (unpaired) electrons. The van der Waals surface area contributed by atoms with Gasteiger partial charge in [0.2, 0.25) is 5.91 Å². The SMILES string of the molecule is O=C(N1CCOCC1)[C@@]12CCO[C@@H]1CCN(CCN1CCCCC1)C2.O=C(O)C(F)(F)F.O=C(O)C(F)(F)F. The second-order valence-corrected chi connectivity index (χ2v) is 9.74. The van der Waals surface area contributed by atoms with Gasteiger partial charge in [-0.25, -0.2) is 9.59 Å². The van der Waals surface area contributed by atoms with Crippen molar-refractivity contribution in [3.8, 4) is 0 Å². The van der Waals surface area contributed by atoms with Crippen molar-refractivity contribution in [1.29, 1.82) is 0 Å². The van der Waals surface area contributed by atoms with Gasteiger partial charge in [0.05, 0.1) is 24.7 Å².